The van der Waals surface area contributed by atoms with Crippen molar-refractivity contribution in [3.63, 3.8) is 0 Å². The number of fused-ring (bicyclic) bond motifs is 4. The molecule has 51 heavy (non-hydrogen) atoms. The van der Waals surface area contributed by atoms with Gasteiger partial charge in [0.05, 0.1) is 34.5 Å². The molecule has 4 aliphatic rings. The maximum absolute atomic E-state index is 15.3. The third-order valence-corrected chi connectivity index (χ3v) is 11.5. The number of phenolic OH excluding ortho intramolecular Hbond substituents is 1. The van der Waals surface area contributed by atoms with E-state index in [9.17, 15) is 34.5 Å². The Morgan fingerprint density at radius 2 is 1.53 bits per heavy atom. The summed E-state index contributed by atoms with van der Waals surface area (Å²) in [5.41, 5.74) is 0.666. The van der Waals surface area contributed by atoms with Crippen LogP contribution in [-0.2, 0) is 24.6 Å². The summed E-state index contributed by atoms with van der Waals surface area (Å²) in [6.07, 6.45) is 2.09. The van der Waals surface area contributed by atoms with Gasteiger partial charge in [0.2, 0.25) is 23.6 Å². The van der Waals surface area contributed by atoms with E-state index in [0.29, 0.717) is 33.0 Å². The van der Waals surface area contributed by atoms with E-state index in [4.69, 9.17) is 11.6 Å². The third-order valence-electron chi connectivity index (χ3n) is 11.2. The van der Waals surface area contributed by atoms with Crippen LogP contribution in [-0.4, -0.2) is 44.9 Å². The molecule has 3 N–H and O–H groups in total. The maximum atomic E-state index is 15.3. The standard InChI is InChI=1S/C40H31ClN2O8/c1-20-7-5-12-28(34(20)45)33-25-15-16-27-32(37(48)42(35(27)46)24-13-14-26(38(49)50)31(44)18-24)29(25)19-30-36(47)43(23-11-6-10-22(41)17-23)39(51)40(30,33)21-8-3-2-4-9-21/h2-15,17-18,27,29-30,32-33,44-45H,16,19H2,1H3,(H,49,50). The number of carbonyl (C=O) groups excluding carboxylic acids is 4. The Morgan fingerprint density at radius 1 is 0.804 bits per heavy atom. The van der Waals surface area contributed by atoms with Gasteiger partial charge in [-0.15, -0.1) is 0 Å². The largest absolute Gasteiger partial charge is 0.507 e. The zero-order valence-corrected chi connectivity index (χ0v) is 27.9. The monoisotopic (exact) mass is 702 g/mol. The van der Waals surface area contributed by atoms with Crippen molar-refractivity contribution in [2.75, 3.05) is 9.80 Å². The maximum Gasteiger partial charge on any atom is 0.339 e. The summed E-state index contributed by atoms with van der Waals surface area (Å²) in [6.45, 7) is 1.75. The second kappa shape index (κ2) is 11.7. The highest BCUT2D eigenvalue weighted by molar-refractivity contribution is 6.32. The number of carboxylic acids is 1. The quantitative estimate of drug-likeness (QED) is 0.166. The van der Waals surface area contributed by atoms with Crippen molar-refractivity contribution in [1.29, 1.82) is 0 Å². The molecule has 3 fully saturated rings. The first-order valence-corrected chi connectivity index (χ1v) is 17.0. The molecule has 0 spiro atoms. The van der Waals surface area contributed by atoms with Crippen molar-refractivity contribution >= 4 is 52.6 Å². The van der Waals surface area contributed by atoms with Gasteiger partial charge in [-0.05, 0) is 67.1 Å². The molecule has 2 aliphatic heterocycles. The van der Waals surface area contributed by atoms with Crippen LogP contribution in [0.2, 0.25) is 5.02 Å². The Bertz CT molecular complexity index is 2230. The zero-order valence-electron chi connectivity index (χ0n) is 27.2. The van der Waals surface area contributed by atoms with E-state index in [1.165, 1.54) is 11.0 Å². The Morgan fingerprint density at radius 3 is 2.24 bits per heavy atom. The van der Waals surface area contributed by atoms with E-state index >= 15 is 4.79 Å². The van der Waals surface area contributed by atoms with Crippen LogP contribution in [0.3, 0.4) is 0 Å². The molecule has 0 radical (unpaired) electrons. The predicted octanol–water partition coefficient (Wildman–Crippen LogP) is 6.12. The number of halogens is 1. The molecule has 0 aromatic heterocycles. The van der Waals surface area contributed by atoms with Crippen LogP contribution in [0.5, 0.6) is 11.5 Å². The number of para-hydroxylation sites is 1. The van der Waals surface area contributed by atoms with Gasteiger partial charge in [0, 0.05) is 22.6 Å². The summed E-state index contributed by atoms with van der Waals surface area (Å²) in [4.78, 5) is 72.3. The van der Waals surface area contributed by atoms with Crippen molar-refractivity contribution in [2.24, 2.45) is 23.7 Å². The third kappa shape index (κ3) is 4.52. The van der Waals surface area contributed by atoms with Crippen LogP contribution < -0.4 is 9.80 Å². The number of allylic oxidation sites excluding steroid dienone is 2. The molecule has 2 aliphatic carbocycles. The first kappa shape index (κ1) is 32.5. The number of phenols is 2. The number of anilines is 2. The number of imide groups is 2. The van der Waals surface area contributed by atoms with Gasteiger partial charge in [-0.25, -0.2) is 14.6 Å². The lowest BCUT2D eigenvalue weighted by Crippen LogP contribution is -2.53. The number of carboxylic acid groups (broad SMARTS) is 1. The average Bonchev–Trinajstić information content (AvgIpc) is 3.50. The minimum atomic E-state index is -1.54. The van der Waals surface area contributed by atoms with Gasteiger partial charge in [0.25, 0.3) is 0 Å². The van der Waals surface area contributed by atoms with Crippen LogP contribution in [0.4, 0.5) is 11.4 Å². The SMILES string of the molecule is Cc1cccc(C2C3=CCC4C(=O)N(c5ccc(C(=O)O)c(O)c5)C(=O)C4C3CC3C(=O)N(c4cccc(Cl)c4)C(=O)C32c2ccccc2)c1O. The molecular formula is C40H31ClN2O8. The fourth-order valence-electron chi connectivity index (χ4n) is 9.10. The number of aromatic carboxylic acids is 1. The lowest BCUT2D eigenvalue weighted by atomic mass is 9.49. The van der Waals surface area contributed by atoms with Crippen molar-refractivity contribution in [3.05, 3.63) is 130 Å². The molecule has 2 heterocycles. The van der Waals surface area contributed by atoms with Gasteiger partial charge in [0.15, 0.2) is 0 Å². The van der Waals surface area contributed by atoms with Crippen molar-refractivity contribution in [1.82, 2.24) is 0 Å². The summed E-state index contributed by atoms with van der Waals surface area (Å²) in [6, 6.07) is 24.3. The Hall–Kier alpha value is -5.74. The summed E-state index contributed by atoms with van der Waals surface area (Å²) in [5.74, 6) is -8.33. The molecule has 4 aromatic carbocycles. The van der Waals surface area contributed by atoms with E-state index < -0.39 is 70.4 Å². The lowest BCUT2D eigenvalue weighted by molar-refractivity contribution is -0.127. The number of amides is 4. The van der Waals surface area contributed by atoms with E-state index in [1.54, 1.807) is 61.5 Å². The molecule has 8 rings (SSSR count). The van der Waals surface area contributed by atoms with E-state index in [1.807, 2.05) is 24.3 Å². The lowest BCUT2D eigenvalue weighted by Gasteiger charge is -2.50. The van der Waals surface area contributed by atoms with Crippen molar-refractivity contribution in [2.45, 2.75) is 31.1 Å². The van der Waals surface area contributed by atoms with Gasteiger partial charge >= 0.3 is 5.97 Å². The van der Waals surface area contributed by atoms with Crippen LogP contribution >= 0.6 is 11.6 Å². The number of hydrogen-bond acceptors (Lipinski definition) is 7. The molecule has 2 saturated heterocycles. The van der Waals surface area contributed by atoms with Crippen LogP contribution in [0.25, 0.3) is 0 Å². The zero-order chi connectivity index (χ0) is 35.9. The molecule has 10 nitrogen and oxygen atoms in total. The van der Waals surface area contributed by atoms with Crippen molar-refractivity contribution < 1.29 is 39.3 Å². The summed E-state index contributed by atoms with van der Waals surface area (Å²) in [5, 5.41) is 31.9. The van der Waals surface area contributed by atoms with E-state index in [-0.39, 0.29) is 29.8 Å². The van der Waals surface area contributed by atoms with E-state index in [0.717, 1.165) is 17.0 Å². The van der Waals surface area contributed by atoms with Gasteiger partial charge in [0.1, 0.15) is 17.1 Å². The number of benzene rings is 4. The molecule has 6 atom stereocenters. The van der Waals surface area contributed by atoms with Crippen LogP contribution in [0, 0.1) is 30.6 Å². The first-order chi connectivity index (χ1) is 24.5. The topological polar surface area (TPSA) is 153 Å². The minimum Gasteiger partial charge on any atom is -0.507 e. The summed E-state index contributed by atoms with van der Waals surface area (Å²) >= 11 is 6.36. The number of rotatable bonds is 5. The minimum absolute atomic E-state index is 0.0324. The molecule has 0 bridgehead atoms. The highest BCUT2D eigenvalue weighted by atomic mass is 35.5. The molecule has 6 unspecified atom stereocenters. The number of carbonyl (C=O) groups is 5. The normalized spacial score (nSPS) is 26.9. The van der Waals surface area contributed by atoms with Crippen LogP contribution in [0.15, 0.2) is 103 Å². The van der Waals surface area contributed by atoms with E-state index in [2.05, 4.69) is 0 Å². The summed E-state index contributed by atoms with van der Waals surface area (Å²) < 4.78 is 0. The number of aromatic hydroxyl groups is 2. The molecule has 256 valence electrons. The number of nitrogens with zero attached hydrogens (tertiary/aromatic N) is 2. The Labute approximate surface area is 297 Å². The fraction of sp³-hybridized carbons (Fsp3) is 0.225. The smallest absolute Gasteiger partial charge is 0.339 e. The highest BCUT2D eigenvalue weighted by Gasteiger charge is 2.70. The number of aryl methyl sites for hydroxylation is 1. The average molecular weight is 703 g/mol. The second-order valence-corrected chi connectivity index (χ2v) is 14.1. The molecular weight excluding hydrogens is 672 g/mol. The summed E-state index contributed by atoms with van der Waals surface area (Å²) in [7, 11) is 0. The predicted molar refractivity (Wildman–Crippen MR) is 186 cm³/mol. The first-order valence-electron chi connectivity index (χ1n) is 16.6. The number of hydrogen-bond donors (Lipinski definition) is 3. The molecule has 4 aromatic rings. The van der Waals surface area contributed by atoms with Gasteiger partial charge in [-0.3, -0.25) is 19.2 Å². The fourth-order valence-corrected chi connectivity index (χ4v) is 9.28. The van der Waals surface area contributed by atoms with Gasteiger partial charge < -0.3 is 15.3 Å². The molecule has 11 heteroatoms. The second-order valence-electron chi connectivity index (χ2n) is 13.6. The molecule has 1 saturated carbocycles. The Balaban J connectivity index is 1.34. The van der Waals surface area contributed by atoms with Crippen LogP contribution in [0.1, 0.15) is 45.8 Å². The van der Waals surface area contributed by atoms with Gasteiger partial charge in [-0.2, -0.15) is 0 Å². The molecule has 4 amide bonds. The highest BCUT2D eigenvalue weighted by Crippen LogP contribution is 2.65. The van der Waals surface area contributed by atoms with Crippen molar-refractivity contribution in [3.8, 4) is 11.5 Å². The van der Waals surface area contributed by atoms with Gasteiger partial charge in [-0.1, -0.05) is 77.8 Å². The Kier molecular flexibility index (Phi) is 7.43.